The number of furan rings is 1. The smallest absolute Gasteiger partial charge is 0.246 e. The van der Waals surface area contributed by atoms with Gasteiger partial charge in [0, 0.05) is 36.8 Å². The number of likely N-dealkylation sites (N-methyl/N-ethyl adjacent to an activating group) is 1. The predicted molar refractivity (Wildman–Crippen MR) is 134 cm³/mol. The minimum absolute atomic E-state index is 0.0129. The molecule has 3 heterocycles. The summed E-state index contributed by atoms with van der Waals surface area (Å²) in [4.78, 5) is 17.6. The van der Waals surface area contributed by atoms with Crippen LogP contribution in [0.4, 0.5) is 0 Å². The van der Waals surface area contributed by atoms with Crippen molar-refractivity contribution in [2.24, 2.45) is 11.8 Å². The van der Waals surface area contributed by atoms with Crippen LogP contribution in [0.15, 0.2) is 41.2 Å². The number of likely N-dealkylation sites (tertiary alicyclic amines) is 1. The van der Waals surface area contributed by atoms with Gasteiger partial charge < -0.3 is 24.3 Å². The molecule has 7 nitrogen and oxygen atoms in total. The summed E-state index contributed by atoms with van der Waals surface area (Å²) in [5, 5.41) is 23.7. The zero-order chi connectivity index (χ0) is 24.8. The summed E-state index contributed by atoms with van der Waals surface area (Å²) >= 11 is 0. The first-order chi connectivity index (χ1) is 17.3. The highest BCUT2D eigenvalue weighted by atomic mass is 16.5. The summed E-state index contributed by atoms with van der Waals surface area (Å²) in [5.41, 5.74) is 1.36. The lowest BCUT2D eigenvalue weighted by molar-refractivity contribution is -0.224. The Kier molecular flexibility index (Phi) is 4.75. The van der Waals surface area contributed by atoms with Crippen molar-refractivity contribution in [2.75, 3.05) is 20.1 Å². The number of carbonyl (C=O) groups is 1. The Labute approximate surface area is 211 Å². The predicted octanol–water partition coefficient (Wildman–Crippen LogP) is 3.34. The first-order valence-electron chi connectivity index (χ1n) is 13.3. The van der Waals surface area contributed by atoms with Crippen molar-refractivity contribution in [3.63, 3.8) is 0 Å². The van der Waals surface area contributed by atoms with Gasteiger partial charge >= 0.3 is 0 Å². The molecule has 2 saturated carbocycles. The van der Waals surface area contributed by atoms with Gasteiger partial charge in [0.1, 0.15) is 6.10 Å². The molecule has 7 rings (SSSR count). The van der Waals surface area contributed by atoms with E-state index < -0.39 is 17.1 Å². The van der Waals surface area contributed by atoms with Crippen LogP contribution in [0.3, 0.4) is 0 Å². The van der Waals surface area contributed by atoms with Gasteiger partial charge in [-0.3, -0.25) is 9.69 Å². The molecule has 2 N–H and O–H groups in total. The van der Waals surface area contributed by atoms with Crippen LogP contribution in [0, 0.1) is 11.8 Å². The fourth-order valence-electron chi connectivity index (χ4n) is 8.07. The van der Waals surface area contributed by atoms with E-state index >= 15 is 0 Å². The molecule has 1 aromatic carbocycles. The molecule has 2 aliphatic heterocycles. The van der Waals surface area contributed by atoms with Gasteiger partial charge in [-0.2, -0.15) is 0 Å². The Balaban J connectivity index is 1.31. The maximum atomic E-state index is 13.3. The molecule has 1 amide bonds. The number of aromatic hydroxyl groups is 1. The molecule has 2 aromatic rings. The summed E-state index contributed by atoms with van der Waals surface area (Å²) < 4.78 is 11.7. The third-order valence-electron chi connectivity index (χ3n) is 9.96. The summed E-state index contributed by atoms with van der Waals surface area (Å²) in [5.74, 6) is 1.23. The van der Waals surface area contributed by atoms with Crippen LogP contribution < -0.4 is 4.74 Å². The van der Waals surface area contributed by atoms with E-state index in [1.807, 2.05) is 19.2 Å². The number of piperidine rings is 1. The molecule has 3 fully saturated rings. The second kappa shape index (κ2) is 7.62. The van der Waals surface area contributed by atoms with Gasteiger partial charge in [-0.05, 0) is 74.3 Å². The number of hydrogen-bond donors (Lipinski definition) is 2. The van der Waals surface area contributed by atoms with E-state index in [0.29, 0.717) is 12.2 Å². The number of rotatable bonds is 5. The van der Waals surface area contributed by atoms with Gasteiger partial charge in [0.05, 0.1) is 29.6 Å². The Morgan fingerprint density at radius 2 is 2.14 bits per heavy atom. The highest BCUT2D eigenvalue weighted by Gasteiger charge is 2.75. The second-order valence-electron chi connectivity index (χ2n) is 11.7. The molecule has 1 aromatic heterocycles. The monoisotopic (exact) mass is 490 g/mol. The molecule has 5 aliphatic rings. The minimum atomic E-state index is -0.982. The molecule has 3 aliphatic carbocycles. The third kappa shape index (κ3) is 2.84. The van der Waals surface area contributed by atoms with E-state index in [2.05, 4.69) is 11.8 Å². The SMILES string of the molecule is C[C@H]1C[C@@H](N(C)C(=O)/C=C/c2ccoc2)[C@@H]2Oc3c(O)ccc4c3[C@@]23CCN(CC2CC2)[C@@H](C4)[C@]13O. The second-order valence-corrected chi connectivity index (χ2v) is 11.7. The van der Waals surface area contributed by atoms with Crippen LogP contribution in [0.5, 0.6) is 11.5 Å². The van der Waals surface area contributed by atoms with Crippen molar-refractivity contribution < 1.29 is 24.2 Å². The van der Waals surface area contributed by atoms with E-state index in [1.54, 1.807) is 35.6 Å². The lowest BCUT2D eigenvalue weighted by Gasteiger charge is -2.67. The Morgan fingerprint density at radius 1 is 1.31 bits per heavy atom. The molecular weight excluding hydrogens is 456 g/mol. The molecule has 1 saturated heterocycles. The largest absolute Gasteiger partial charge is 0.504 e. The zero-order valence-corrected chi connectivity index (χ0v) is 20.9. The fourth-order valence-corrected chi connectivity index (χ4v) is 8.07. The summed E-state index contributed by atoms with van der Waals surface area (Å²) in [6.07, 6.45) is 10.8. The van der Waals surface area contributed by atoms with Gasteiger partial charge in [-0.25, -0.2) is 0 Å². The summed E-state index contributed by atoms with van der Waals surface area (Å²) in [6.45, 7) is 4.08. The van der Waals surface area contributed by atoms with Crippen LogP contribution in [-0.2, 0) is 16.6 Å². The lowest BCUT2D eigenvalue weighted by Crippen LogP contribution is -2.80. The number of carbonyl (C=O) groups excluding carboxylic acids is 1. The van der Waals surface area contributed by atoms with Gasteiger partial charge in [0.25, 0.3) is 0 Å². The van der Waals surface area contributed by atoms with Crippen LogP contribution in [-0.4, -0.2) is 69.8 Å². The lowest BCUT2D eigenvalue weighted by atomic mass is 9.45. The molecule has 1 spiro atoms. The topological polar surface area (TPSA) is 86.4 Å². The summed E-state index contributed by atoms with van der Waals surface area (Å²) in [7, 11) is 1.83. The Morgan fingerprint density at radius 3 is 2.89 bits per heavy atom. The number of benzene rings is 1. The summed E-state index contributed by atoms with van der Waals surface area (Å²) in [6, 6.07) is 5.35. The van der Waals surface area contributed by atoms with Crippen molar-refractivity contribution in [1.82, 2.24) is 9.80 Å². The number of phenols is 1. The van der Waals surface area contributed by atoms with Crippen molar-refractivity contribution in [3.8, 4) is 11.5 Å². The molecule has 36 heavy (non-hydrogen) atoms. The van der Waals surface area contributed by atoms with E-state index in [1.165, 1.54) is 18.4 Å². The minimum Gasteiger partial charge on any atom is -0.504 e. The molecule has 0 radical (unpaired) electrons. The fraction of sp³-hybridized carbons (Fsp3) is 0.552. The van der Waals surface area contributed by atoms with Crippen molar-refractivity contribution in [1.29, 1.82) is 0 Å². The molecule has 6 atom stereocenters. The van der Waals surface area contributed by atoms with Gasteiger partial charge in [-0.1, -0.05) is 13.0 Å². The third-order valence-corrected chi connectivity index (χ3v) is 9.96. The van der Waals surface area contributed by atoms with E-state index in [4.69, 9.17) is 9.15 Å². The van der Waals surface area contributed by atoms with Gasteiger partial charge in [0.15, 0.2) is 11.5 Å². The first-order valence-corrected chi connectivity index (χ1v) is 13.3. The number of amides is 1. The quantitative estimate of drug-likeness (QED) is 0.626. The van der Waals surface area contributed by atoms with Crippen LogP contribution in [0.1, 0.15) is 49.3 Å². The molecule has 7 heteroatoms. The van der Waals surface area contributed by atoms with Crippen molar-refractivity contribution in [3.05, 3.63) is 53.5 Å². The number of nitrogens with zero attached hydrogens (tertiary/aromatic N) is 2. The number of phenolic OH excluding ortho intramolecular Hbond substituents is 1. The van der Waals surface area contributed by atoms with Gasteiger partial charge in [-0.15, -0.1) is 0 Å². The average molecular weight is 491 g/mol. The number of aliphatic hydroxyl groups is 1. The molecule has 0 unspecified atom stereocenters. The van der Waals surface area contributed by atoms with E-state index in [-0.39, 0.29) is 29.7 Å². The number of ether oxygens (including phenoxy) is 1. The molecule has 2 bridgehead atoms. The normalized spacial score (nSPS) is 36.5. The zero-order valence-electron chi connectivity index (χ0n) is 20.9. The number of hydrogen-bond acceptors (Lipinski definition) is 6. The Hall–Kier alpha value is -2.77. The van der Waals surface area contributed by atoms with Crippen LogP contribution >= 0.6 is 0 Å². The average Bonchev–Trinajstić information content (AvgIpc) is 3.38. The highest BCUT2D eigenvalue weighted by molar-refractivity contribution is 5.92. The molecule has 190 valence electrons. The molecular formula is C29H34N2O5. The van der Waals surface area contributed by atoms with Crippen molar-refractivity contribution >= 4 is 12.0 Å². The Bertz CT molecular complexity index is 1240. The van der Waals surface area contributed by atoms with Gasteiger partial charge in [0.2, 0.25) is 5.91 Å². The van der Waals surface area contributed by atoms with Crippen molar-refractivity contribution in [2.45, 2.75) is 68.2 Å². The highest BCUT2D eigenvalue weighted by Crippen LogP contribution is 2.67. The van der Waals surface area contributed by atoms with Crippen LogP contribution in [0.25, 0.3) is 6.08 Å². The van der Waals surface area contributed by atoms with Crippen LogP contribution in [0.2, 0.25) is 0 Å². The van der Waals surface area contributed by atoms with E-state index in [0.717, 1.165) is 43.0 Å². The van der Waals surface area contributed by atoms with E-state index in [9.17, 15) is 15.0 Å². The maximum absolute atomic E-state index is 13.3. The maximum Gasteiger partial charge on any atom is 0.246 e. The first kappa shape index (κ1) is 22.4. The standard InChI is InChI=1S/C29H34N2O5/c1-17-13-21(30(2)24(33)8-5-19-9-12-35-16-19)27-28-10-11-31(15-18-3-4-18)23(29(17,28)34)14-20-6-7-22(32)26(36-27)25(20)28/h5-9,12,16-18,21,23,27,32,34H,3-4,10-11,13-15H2,1-2H3/b8-5+/t17-,21+,23-,27-,28-,29+/m0/s1.